The van der Waals surface area contributed by atoms with Gasteiger partial charge in [-0.2, -0.15) is 0 Å². The molecule has 2 heterocycles. The molecule has 0 unspecified atom stereocenters. The lowest BCUT2D eigenvalue weighted by atomic mass is 10.0. The van der Waals surface area contributed by atoms with Gasteiger partial charge in [-0.25, -0.2) is 4.79 Å². The van der Waals surface area contributed by atoms with E-state index >= 15 is 0 Å². The average molecular weight is 263 g/mol. The number of hydrogen-bond acceptors (Lipinski definition) is 5. The van der Waals surface area contributed by atoms with Crippen LogP contribution in [0.2, 0.25) is 0 Å². The molecular formula is C12H9NO2S2. The van der Waals surface area contributed by atoms with E-state index in [4.69, 9.17) is 4.84 Å². The number of nitrogens with zero attached hydrogens (tertiary/aromatic N) is 1. The Labute approximate surface area is 107 Å². The minimum atomic E-state index is -0.333. The van der Waals surface area contributed by atoms with Crippen molar-refractivity contribution in [1.82, 2.24) is 0 Å². The van der Waals surface area contributed by atoms with Crippen molar-refractivity contribution >= 4 is 35.2 Å². The molecule has 0 spiro atoms. The highest BCUT2D eigenvalue weighted by atomic mass is 32.2. The van der Waals surface area contributed by atoms with Crippen LogP contribution in [0.5, 0.6) is 0 Å². The minimum absolute atomic E-state index is 0.333. The predicted molar refractivity (Wildman–Crippen MR) is 71.0 cm³/mol. The van der Waals surface area contributed by atoms with Crippen LogP contribution >= 0.6 is 23.5 Å². The van der Waals surface area contributed by atoms with Gasteiger partial charge in [-0.15, -0.1) is 23.5 Å². The van der Waals surface area contributed by atoms with Crippen molar-refractivity contribution in [2.24, 2.45) is 5.16 Å². The van der Waals surface area contributed by atoms with Crippen LogP contribution in [0.4, 0.5) is 0 Å². The second-order valence-electron chi connectivity index (χ2n) is 3.54. The van der Waals surface area contributed by atoms with Crippen LogP contribution in [0, 0.1) is 0 Å². The fourth-order valence-electron chi connectivity index (χ4n) is 1.70. The Morgan fingerprint density at radius 1 is 1.12 bits per heavy atom. The summed E-state index contributed by atoms with van der Waals surface area (Å²) < 4.78 is 1.04. The third kappa shape index (κ3) is 2.00. The van der Waals surface area contributed by atoms with Gasteiger partial charge in [0, 0.05) is 17.1 Å². The molecule has 17 heavy (non-hydrogen) atoms. The van der Waals surface area contributed by atoms with Gasteiger partial charge in [-0.3, -0.25) is 0 Å². The Kier molecular flexibility index (Phi) is 2.94. The van der Waals surface area contributed by atoms with Gasteiger partial charge in [-0.1, -0.05) is 35.5 Å². The van der Waals surface area contributed by atoms with E-state index in [9.17, 15) is 4.79 Å². The summed E-state index contributed by atoms with van der Waals surface area (Å²) in [7, 11) is 0. The van der Waals surface area contributed by atoms with Gasteiger partial charge >= 0.3 is 5.97 Å². The molecular weight excluding hydrogens is 254 g/mol. The molecule has 0 bridgehead atoms. The summed E-state index contributed by atoms with van der Waals surface area (Å²) in [5, 5.41) is 3.90. The van der Waals surface area contributed by atoms with E-state index < -0.39 is 0 Å². The fraction of sp³-hybridized carbons (Fsp3) is 0.167. The molecule has 0 aromatic heterocycles. The fourth-order valence-corrected chi connectivity index (χ4v) is 4.22. The maximum absolute atomic E-state index is 11.7. The van der Waals surface area contributed by atoms with E-state index in [0.29, 0.717) is 11.3 Å². The maximum atomic E-state index is 11.7. The largest absolute Gasteiger partial charge is 0.369 e. The van der Waals surface area contributed by atoms with Gasteiger partial charge in [-0.05, 0) is 0 Å². The summed E-state index contributed by atoms with van der Waals surface area (Å²) >= 11 is 3.41. The van der Waals surface area contributed by atoms with Gasteiger partial charge in [0.25, 0.3) is 0 Å². The van der Waals surface area contributed by atoms with Crippen LogP contribution in [-0.4, -0.2) is 23.2 Å². The Morgan fingerprint density at radius 3 is 2.53 bits per heavy atom. The standard InChI is InChI=1S/C12H9NO2S2/c14-11-9(12-16-6-7-17-12)10(13-15-11)8-4-2-1-3-5-8/h1-5H,6-7H2. The van der Waals surface area contributed by atoms with Crippen molar-refractivity contribution in [2.75, 3.05) is 11.5 Å². The molecule has 0 radical (unpaired) electrons. The quantitative estimate of drug-likeness (QED) is 0.577. The first-order valence-electron chi connectivity index (χ1n) is 5.21. The molecule has 0 atom stereocenters. The number of carbonyl (C=O) groups excluding carboxylic acids is 1. The normalized spacial score (nSPS) is 19.5. The summed E-state index contributed by atoms with van der Waals surface area (Å²) in [6, 6.07) is 9.67. The van der Waals surface area contributed by atoms with Gasteiger partial charge in [0.15, 0.2) is 0 Å². The molecule has 1 fully saturated rings. The van der Waals surface area contributed by atoms with Gasteiger partial charge in [0.05, 0.1) is 4.24 Å². The summed E-state index contributed by atoms with van der Waals surface area (Å²) in [4.78, 5) is 16.5. The highest BCUT2D eigenvalue weighted by Gasteiger charge is 2.32. The smallest absolute Gasteiger partial charge is 0.312 e. The molecule has 3 rings (SSSR count). The number of hydrogen-bond donors (Lipinski definition) is 0. The maximum Gasteiger partial charge on any atom is 0.369 e. The molecule has 3 nitrogen and oxygen atoms in total. The van der Waals surface area contributed by atoms with E-state index in [1.165, 1.54) is 0 Å². The van der Waals surface area contributed by atoms with Crippen LogP contribution in [0.25, 0.3) is 0 Å². The summed E-state index contributed by atoms with van der Waals surface area (Å²) in [6.45, 7) is 0. The third-order valence-corrected chi connectivity index (χ3v) is 5.18. The lowest BCUT2D eigenvalue weighted by Crippen LogP contribution is -2.08. The summed E-state index contributed by atoms with van der Waals surface area (Å²) in [5.41, 5.74) is 2.21. The van der Waals surface area contributed by atoms with Crippen LogP contribution in [-0.2, 0) is 9.63 Å². The molecule has 0 aliphatic carbocycles. The lowest BCUT2D eigenvalue weighted by molar-refractivity contribution is -0.136. The number of oxime groups is 1. The van der Waals surface area contributed by atoms with E-state index in [-0.39, 0.29) is 5.97 Å². The van der Waals surface area contributed by atoms with Crippen molar-refractivity contribution in [3.63, 3.8) is 0 Å². The van der Waals surface area contributed by atoms with E-state index in [0.717, 1.165) is 21.3 Å². The molecule has 2 aliphatic heterocycles. The van der Waals surface area contributed by atoms with Crippen molar-refractivity contribution in [1.29, 1.82) is 0 Å². The Balaban J connectivity index is 2.05. The molecule has 1 saturated heterocycles. The Morgan fingerprint density at radius 2 is 1.82 bits per heavy atom. The first-order valence-corrected chi connectivity index (χ1v) is 7.18. The highest BCUT2D eigenvalue weighted by molar-refractivity contribution is 8.25. The highest BCUT2D eigenvalue weighted by Crippen LogP contribution is 2.41. The van der Waals surface area contributed by atoms with Gasteiger partial charge in [0.2, 0.25) is 0 Å². The van der Waals surface area contributed by atoms with Gasteiger partial charge in [0.1, 0.15) is 11.3 Å². The average Bonchev–Trinajstić information content (AvgIpc) is 2.99. The first-order chi connectivity index (χ1) is 8.36. The summed E-state index contributed by atoms with van der Waals surface area (Å²) in [6.07, 6.45) is 0. The molecule has 0 N–H and O–H groups in total. The second-order valence-corrected chi connectivity index (χ2v) is 6.01. The van der Waals surface area contributed by atoms with E-state index in [1.54, 1.807) is 23.5 Å². The van der Waals surface area contributed by atoms with Crippen molar-refractivity contribution < 1.29 is 9.63 Å². The number of benzene rings is 1. The van der Waals surface area contributed by atoms with Crippen LogP contribution < -0.4 is 0 Å². The van der Waals surface area contributed by atoms with Crippen LogP contribution in [0.3, 0.4) is 0 Å². The monoisotopic (exact) mass is 263 g/mol. The molecule has 0 amide bonds. The van der Waals surface area contributed by atoms with E-state index in [2.05, 4.69) is 5.16 Å². The van der Waals surface area contributed by atoms with Crippen LogP contribution in [0.15, 0.2) is 45.3 Å². The number of carbonyl (C=O) groups is 1. The third-order valence-electron chi connectivity index (χ3n) is 2.46. The van der Waals surface area contributed by atoms with Crippen molar-refractivity contribution in [3.8, 4) is 0 Å². The minimum Gasteiger partial charge on any atom is -0.312 e. The molecule has 0 saturated carbocycles. The Bertz CT molecular complexity index is 515. The van der Waals surface area contributed by atoms with Crippen molar-refractivity contribution in [2.45, 2.75) is 0 Å². The van der Waals surface area contributed by atoms with Crippen molar-refractivity contribution in [3.05, 3.63) is 45.7 Å². The molecule has 86 valence electrons. The second kappa shape index (κ2) is 4.58. The number of rotatable bonds is 1. The zero-order chi connectivity index (χ0) is 11.7. The Hall–Kier alpha value is -1.20. The first kappa shape index (κ1) is 10.9. The molecule has 1 aromatic rings. The molecule has 1 aromatic carbocycles. The number of thioether (sulfide) groups is 2. The molecule has 2 aliphatic rings. The predicted octanol–water partition coefficient (Wildman–Crippen LogP) is 2.64. The van der Waals surface area contributed by atoms with E-state index in [1.807, 2.05) is 30.3 Å². The molecule has 5 heteroatoms. The van der Waals surface area contributed by atoms with Crippen LogP contribution in [0.1, 0.15) is 5.56 Å². The zero-order valence-corrected chi connectivity index (χ0v) is 10.5. The lowest BCUT2D eigenvalue weighted by Gasteiger charge is -2.02. The summed E-state index contributed by atoms with van der Waals surface area (Å²) in [5.74, 6) is 1.75. The zero-order valence-electron chi connectivity index (χ0n) is 8.88. The van der Waals surface area contributed by atoms with Gasteiger partial charge < -0.3 is 4.84 Å². The topological polar surface area (TPSA) is 38.7 Å². The SMILES string of the molecule is O=C1ON=C(c2ccccc2)C1=C1SCCS1.